The molecule has 1 atom stereocenters. The van der Waals surface area contributed by atoms with Crippen LogP contribution in [0.15, 0.2) is 54.6 Å². The van der Waals surface area contributed by atoms with Gasteiger partial charge in [0.2, 0.25) is 0 Å². The first-order valence-corrected chi connectivity index (χ1v) is 11.0. The van der Waals surface area contributed by atoms with Crippen molar-refractivity contribution in [1.82, 2.24) is 20.3 Å². The molecule has 1 aliphatic rings. The Balaban J connectivity index is 1.53. The van der Waals surface area contributed by atoms with E-state index in [1.807, 2.05) is 36.4 Å². The van der Waals surface area contributed by atoms with Crippen molar-refractivity contribution in [3.05, 3.63) is 77.0 Å². The van der Waals surface area contributed by atoms with Crippen LogP contribution in [0.25, 0.3) is 17.0 Å². The molecule has 33 heavy (non-hydrogen) atoms. The third-order valence-corrected chi connectivity index (χ3v) is 6.30. The summed E-state index contributed by atoms with van der Waals surface area (Å²) in [5, 5.41) is 19.4. The lowest BCUT2D eigenvalue weighted by Crippen LogP contribution is -2.50. The fraction of sp³-hybridized carbons (Fsp3) is 0.280. The standard InChI is InChI=1S/C25H28N4O4/c1-17-20(21-4-2-3-5-22(21)26-17)12-13-28-14-15-29(25(31)32)16-23(28)19-9-6-18(7-10-19)8-11-24(30)27-33/h2-11,23,26,33H,12-16H2,1H3,(H,27,30)(H,31,32)/b11-8+. The Hall–Kier alpha value is -3.62. The van der Waals surface area contributed by atoms with Gasteiger partial charge in [0.1, 0.15) is 0 Å². The monoisotopic (exact) mass is 448 g/mol. The number of carboxylic acid groups (broad SMARTS) is 1. The Labute approximate surface area is 192 Å². The number of aryl methyl sites for hydroxylation is 1. The number of nitrogens with zero attached hydrogens (tertiary/aromatic N) is 2. The lowest BCUT2D eigenvalue weighted by atomic mass is 9.99. The van der Waals surface area contributed by atoms with Crippen LogP contribution in [0.1, 0.15) is 28.4 Å². The van der Waals surface area contributed by atoms with E-state index in [2.05, 4.69) is 28.9 Å². The first-order chi connectivity index (χ1) is 16.0. The van der Waals surface area contributed by atoms with E-state index in [0.717, 1.165) is 29.6 Å². The van der Waals surface area contributed by atoms with Crippen molar-refractivity contribution in [3.63, 3.8) is 0 Å². The number of aromatic amines is 1. The molecule has 0 aliphatic carbocycles. The number of rotatable bonds is 6. The van der Waals surface area contributed by atoms with Gasteiger partial charge in [-0.3, -0.25) is 14.9 Å². The normalized spacial score (nSPS) is 17.0. The van der Waals surface area contributed by atoms with Gasteiger partial charge in [-0.2, -0.15) is 0 Å². The Morgan fingerprint density at radius 2 is 1.91 bits per heavy atom. The lowest BCUT2D eigenvalue weighted by Gasteiger charge is -2.40. The number of carbonyl (C=O) groups is 2. The van der Waals surface area contributed by atoms with E-state index in [0.29, 0.717) is 19.6 Å². The molecule has 4 N–H and O–H groups in total. The zero-order chi connectivity index (χ0) is 23.4. The third kappa shape index (κ3) is 5.08. The van der Waals surface area contributed by atoms with Crippen LogP contribution in [0, 0.1) is 6.92 Å². The average molecular weight is 449 g/mol. The molecule has 3 aromatic rings. The molecule has 2 aromatic carbocycles. The zero-order valence-corrected chi connectivity index (χ0v) is 18.5. The smallest absolute Gasteiger partial charge is 0.407 e. The summed E-state index contributed by atoms with van der Waals surface area (Å²) in [4.78, 5) is 30.1. The minimum Gasteiger partial charge on any atom is -0.465 e. The molecular formula is C25H28N4O4. The number of amides is 2. The Morgan fingerprint density at radius 3 is 2.64 bits per heavy atom. The van der Waals surface area contributed by atoms with Crippen molar-refractivity contribution >= 4 is 29.0 Å². The molecule has 2 amide bonds. The van der Waals surface area contributed by atoms with E-state index in [4.69, 9.17) is 5.21 Å². The second-order valence-corrected chi connectivity index (χ2v) is 8.28. The maximum Gasteiger partial charge on any atom is 0.407 e. The SMILES string of the molecule is Cc1[nH]c2ccccc2c1CCN1CCN(C(=O)O)CC1c1ccc(/C=C/C(=O)NO)cc1. The maximum atomic E-state index is 11.6. The van der Waals surface area contributed by atoms with E-state index < -0.39 is 12.0 Å². The molecule has 8 heteroatoms. The first kappa shape index (κ1) is 22.6. The number of hydrogen-bond acceptors (Lipinski definition) is 4. The first-order valence-electron chi connectivity index (χ1n) is 11.0. The molecular weight excluding hydrogens is 420 g/mol. The minimum absolute atomic E-state index is 0.0564. The van der Waals surface area contributed by atoms with Crippen LogP contribution in [0.5, 0.6) is 0 Å². The van der Waals surface area contributed by atoms with Crippen LogP contribution in [0.2, 0.25) is 0 Å². The molecule has 1 unspecified atom stereocenters. The summed E-state index contributed by atoms with van der Waals surface area (Å²) >= 11 is 0. The van der Waals surface area contributed by atoms with Crippen molar-refractivity contribution in [2.75, 3.05) is 26.2 Å². The molecule has 0 radical (unpaired) electrons. The highest BCUT2D eigenvalue weighted by Gasteiger charge is 2.30. The number of hydrogen-bond donors (Lipinski definition) is 4. The molecule has 0 saturated carbocycles. The fourth-order valence-electron chi connectivity index (χ4n) is 4.53. The highest BCUT2D eigenvalue weighted by molar-refractivity contribution is 5.90. The summed E-state index contributed by atoms with van der Waals surface area (Å²) in [6, 6.07) is 16.0. The van der Waals surface area contributed by atoms with Gasteiger partial charge >= 0.3 is 6.09 Å². The summed E-state index contributed by atoms with van der Waals surface area (Å²) in [6.07, 6.45) is 2.83. The van der Waals surface area contributed by atoms with Gasteiger partial charge in [-0.1, -0.05) is 42.5 Å². The molecule has 172 valence electrons. The number of hydroxylamine groups is 1. The van der Waals surface area contributed by atoms with Crippen LogP contribution in [0.3, 0.4) is 0 Å². The molecule has 2 heterocycles. The van der Waals surface area contributed by atoms with E-state index in [-0.39, 0.29) is 6.04 Å². The predicted molar refractivity (Wildman–Crippen MR) is 126 cm³/mol. The van der Waals surface area contributed by atoms with Gasteiger partial charge in [0.05, 0.1) is 6.04 Å². The second kappa shape index (κ2) is 9.89. The highest BCUT2D eigenvalue weighted by Crippen LogP contribution is 2.28. The van der Waals surface area contributed by atoms with Crippen LogP contribution in [-0.4, -0.2) is 63.3 Å². The minimum atomic E-state index is -0.901. The maximum absolute atomic E-state index is 11.6. The summed E-state index contributed by atoms with van der Waals surface area (Å²) in [6.45, 7) is 4.47. The van der Waals surface area contributed by atoms with Crippen molar-refractivity contribution < 1.29 is 19.9 Å². The fourth-order valence-corrected chi connectivity index (χ4v) is 4.53. The number of carbonyl (C=O) groups excluding carboxylic acids is 1. The van der Waals surface area contributed by atoms with Crippen molar-refractivity contribution in [1.29, 1.82) is 0 Å². The molecule has 0 bridgehead atoms. The summed E-state index contributed by atoms with van der Waals surface area (Å²) in [5.74, 6) is -0.595. The lowest BCUT2D eigenvalue weighted by molar-refractivity contribution is -0.124. The molecule has 4 rings (SSSR count). The van der Waals surface area contributed by atoms with Gasteiger partial charge in [0.25, 0.3) is 5.91 Å². The van der Waals surface area contributed by atoms with Gasteiger partial charge < -0.3 is 15.0 Å². The van der Waals surface area contributed by atoms with Gasteiger partial charge in [0.15, 0.2) is 0 Å². The van der Waals surface area contributed by atoms with E-state index in [1.165, 1.54) is 27.6 Å². The molecule has 1 fully saturated rings. The van der Waals surface area contributed by atoms with Crippen LogP contribution in [-0.2, 0) is 11.2 Å². The third-order valence-electron chi connectivity index (χ3n) is 6.30. The largest absolute Gasteiger partial charge is 0.465 e. The van der Waals surface area contributed by atoms with Gasteiger partial charge in [-0.05, 0) is 42.2 Å². The van der Waals surface area contributed by atoms with Crippen LogP contribution < -0.4 is 5.48 Å². The summed E-state index contributed by atoms with van der Waals surface area (Å²) in [7, 11) is 0. The number of piperazine rings is 1. The predicted octanol–water partition coefficient (Wildman–Crippen LogP) is 3.57. The average Bonchev–Trinajstić information content (AvgIpc) is 3.16. The quantitative estimate of drug-likeness (QED) is 0.262. The van der Waals surface area contributed by atoms with Crippen LogP contribution >= 0.6 is 0 Å². The summed E-state index contributed by atoms with van der Waals surface area (Å²) in [5.41, 5.74) is 7.01. The number of fused-ring (bicyclic) bond motifs is 1. The van der Waals surface area contributed by atoms with Gasteiger partial charge in [0, 0.05) is 48.9 Å². The molecule has 1 aliphatic heterocycles. The second-order valence-electron chi connectivity index (χ2n) is 8.28. The Kier molecular flexibility index (Phi) is 6.76. The number of aromatic nitrogens is 1. The van der Waals surface area contributed by atoms with Crippen molar-refractivity contribution in [2.45, 2.75) is 19.4 Å². The zero-order valence-electron chi connectivity index (χ0n) is 18.5. The summed E-state index contributed by atoms with van der Waals surface area (Å²) < 4.78 is 0. The number of para-hydroxylation sites is 1. The van der Waals surface area contributed by atoms with E-state index in [1.54, 1.807) is 11.6 Å². The van der Waals surface area contributed by atoms with Crippen molar-refractivity contribution in [3.8, 4) is 0 Å². The molecule has 1 saturated heterocycles. The molecule has 0 spiro atoms. The number of H-pyrrole nitrogens is 1. The van der Waals surface area contributed by atoms with Gasteiger partial charge in [-0.25, -0.2) is 10.3 Å². The number of nitrogens with one attached hydrogen (secondary N) is 2. The Morgan fingerprint density at radius 1 is 1.15 bits per heavy atom. The number of benzene rings is 2. The highest BCUT2D eigenvalue weighted by atomic mass is 16.5. The van der Waals surface area contributed by atoms with Crippen LogP contribution in [0.4, 0.5) is 4.79 Å². The molecule has 8 nitrogen and oxygen atoms in total. The van der Waals surface area contributed by atoms with Gasteiger partial charge in [-0.15, -0.1) is 0 Å². The van der Waals surface area contributed by atoms with E-state index in [9.17, 15) is 14.7 Å². The van der Waals surface area contributed by atoms with E-state index >= 15 is 0 Å². The molecule has 1 aromatic heterocycles. The topological polar surface area (TPSA) is 109 Å². The Bertz CT molecular complexity index is 1170. The van der Waals surface area contributed by atoms with Crippen molar-refractivity contribution in [2.24, 2.45) is 0 Å².